The molecule has 0 spiro atoms. The van der Waals surface area contributed by atoms with E-state index in [9.17, 15) is 0 Å². The zero-order chi connectivity index (χ0) is 15.5. The van der Waals surface area contributed by atoms with Gasteiger partial charge < -0.3 is 10.3 Å². The zero-order valence-corrected chi connectivity index (χ0v) is 12.4. The van der Waals surface area contributed by atoms with Crippen molar-refractivity contribution in [2.24, 2.45) is 0 Å². The molecule has 3 heterocycles. The maximum atomic E-state index is 4.69. The number of pyridine rings is 2. The van der Waals surface area contributed by atoms with Crippen LogP contribution in [0, 0.1) is 0 Å². The van der Waals surface area contributed by atoms with Gasteiger partial charge in [-0.05, 0) is 23.8 Å². The molecular formula is C18H15N5. The van der Waals surface area contributed by atoms with Crippen molar-refractivity contribution < 1.29 is 0 Å². The van der Waals surface area contributed by atoms with E-state index in [0.717, 1.165) is 28.2 Å². The zero-order valence-electron chi connectivity index (χ0n) is 12.4. The molecule has 5 heteroatoms. The van der Waals surface area contributed by atoms with Gasteiger partial charge in [0.25, 0.3) is 0 Å². The number of aromatic amines is 1. The first-order valence-electron chi connectivity index (χ1n) is 7.43. The van der Waals surface area contributed by atoms with Crippen molar-refractivity contribution in [3.8, 4) is 11.4 Å². The Labute approximate surface area is 133 Å². The van der Waals surface area contributed by atoms with Gasteiger partial charge in [0.2, 0.25) is 0 Å². The number of hydrogen-bond acceptors (Lipinski definition) is 4. The number of nitrogens with one attached hydrogen (secondary N) is 2. The van der Waals surface area contributed by atoms with Crippen LogP contribution in [0.2, 0.25) is 0 Å². The molecule has 3 aromatic heterocycles. The topological polar surface area (TPSA) is 66.5 Å². The Bertz CT molecular complexity index is 916. The minimum absolute atomic E-state index is 0.713. The maximum absolute atomic E-state index is 4.69. The Balaban J connectivity index is 1.66. The Morgan fingerprint density at radius 2 is 1.74 bits per heavy atom. The van der Waals surface area contributed by atoms with Gasteiger partial charge in [0.1, 0.15) is 11.3 Å². The van der Waals surface area contributed by atoms with Crippen LogP contribution in [-0.4, -0.2) is 19.9 Å². The third-order valence-corrected chi connectivity index (χ3v) is 3.66. The van der Waals surface area contributed by atoms with Crippen LogP contribution in [0.3, 0.4) is 0 Å². The van der Waals surface area contributed by atoms with E-state index in [-0.39, 0.29) is 0 Å². The van der Waals surface area contributed by atoms with Crippen molar-refractivity contribution in [3.63, 3.8) is 0 Å². The van der Waals surface area contributed by atoms with Gasteiger partial charge in [0.15, 0.2) is 5.82 Å². The molecule has 0 saturated heterocycles. The summed E-state index contributed by atoms with van der Waals surface area (Å²) in [5, 5.41) is 3.36. The highest BCUT2D eigenvalue weighted by Gasteiger charge is 2.09. The van der Waals surface area contributed by atoms with E-state index in [1.165, 1.54) is 5.56 Å². The fraction of sp³-hybridized carbons (Fsp3) is 0.0556. The number of H-pyrrole nitrogens is 1. The minimum atomic E-state index is 0.713. The molecule has 0 atom stereocenters. The molecule has 0 amide bonds. The molecule has 0 saturated carbocycles. The molecule has 0 radical (unpaired) electrons. The summed E-state index contributed by atoms with van der Waals surface area (Å²) in [5.74, 6) is 1.60. The SMILES string of the molecule is c1ccc(CNc2nccc3[nH]c(-c4ccncc4)nc23)cc1. The maximum Gasteiger partial charge on any atom is 0.154 e. The first-order chi connectivity index (χ1) is 11.4. The van der Waals surface area contributed by atoms with Crippen molar-refractivity contribution in [2.75, 3.05) is 5.32 Å². The molecular weight excluding hydrogens is 286 g/mol. The molecule has 4 rings (SSSR count). The molecule has 0 aliphatic rings. The lowest BCUT2D eigenvalue weighted by Gasteiger charge is -2.05. The molecule has 4 aromatic rings. The van der Waals surface area contributed by atoms with Gasteiger partial charge >= 0.3 is 0 Å². The monoisotopic (exact) mass is 301 g/mol. The number of benzene rings is 1. The molecule has 0 unspecified atom stereocenters. The van der Waals surface area contributed by atoms with Crippen molar-refractivity contribution in [3.05, 3.63) is 72.7 Å². The highest BCUT2D eigenvalue weighted by molar-refractivity contribution is 5.88. The second-order valence-corrected chi connectivity index (χ2v) is 5.22. The van der Waals surface area contributed by atoms with Crippen molar-refractivity contribution in [1.29, 1.82) is 0 Å². The fourth-order valence-corrected chi connectivity index (χ4v) is 2.49. The van der Waals surface area contributed by atoms with Gasteiger partial charge in [-0.1, -0.05) is 30.3 Å². The fourth-order valence-electron chi connectivity index (χ4n) is 2.49. The molecule has 1 aromatic carbocycles. The van der Waals surface area contributed by atoms with Crippen LogP contribution in [0.25, 0.3) is 22.4 Å². The quantitative estimate of drug-likeness (QED) is 0.604. The number of nitrogens with zero attached hydrogens (tertiary/aromatic N) is 3. The van der Waals surface area contributed by atoms with Crippen LogP contribution in [0.15, 0.2) is 67.1 Å². The van der Waals surface area contributed by atoms with Crippen molar-refractivity contribution >= 4 is 16.9 Å². The summed E-state index contributed by atoms with van der Waals surface area (Å²) in [7, 11) is 0. The number of anilines is 1. The Hall–Kier alpha value is -3.21. The molecule has 2 N–H and O–H groups in total. The van der Waals surface area contributed by atoms with Crippen LogP contribution in [0.1, 0.15) is 5.56 Å². The summed E-state index contributed by atoms with van der Waals surface area (Å²) >= 11 is 0. The highest BCUT2D eigenvalue weighted by Crippen LogP contribution is 2.24. The number of hydrogen-bond donors (Lipinski definition) is 2. The average molecular weight is 301 g/mol. The third-order valence-electron chi connectivity index (χ3n) is 3.66. The number of imidazole rings is 1. The van der Waals surface area contributed by atoms with Crippen LogP contribution in [0.5, 0.6) is 0 Å². The summed E-state index contributed by atoms with van der Waals surface area (Å²) in [4.78, 5) is 16.5. The van der Waals surface area contributed by atoms with E-state index >= 15 is 0 Å². The smallest absolute Gasteiger partial charge is 0.154 e. The summed E-state index contributed by atoms with van der Waals surface area (Å²) in [6.07, 6.45) is 5.30. The summed E-state index contributed by atoms with van der Waals surface area (Å²) in [5.41, 5.74) is 4.01. The van der Waals surface area contributed by atoms with E-state index in [2.05, 4.69) is 37.4 Å². The summed E-state index contributed by atoms with van der Waals surface area (Å²) < 4.78 is 0. The Morgan fingerprint density at radius 1 is 0.913 bits per heavy atom. The third kappa shape index (κ3) is 2.76. The van der Waals surface area contributed by atoms with Gasteiger partial charge in [-0.25, -0.2) is 9.97 Å². The first-order valence-corrected chi connectivity index (χ1v) is 7.43. The predicted octanol–water partition coefficient (Wildman–Crippen LogP) is 3.63. The van der Waals surface area contributed by atoms with E-state index in [1.54, 1.807) is 18.6 Å². The van der Waals surface area contributed by atoms with Crippen LogP contribution < -0.4 is 5.32 Å². The largest absolute Gasteiger partial charge is 0.364 e. The second-order valence-electron chi connectivity index (χ2n) is 5.22. The molecule has 0 aliphatic heterocycles. The molecule has 23 heavy (non-hydrogen) atoms. The molecule has 5 nitrogen and oxygen atoms in total. The lowest BCUT2D eigenvalue weighted by Crippen LogP contribution is -2.01. The van der Waals surface area contributed by atoms with Gasteiger partial charge in [0, 0.05) is 30.7 Å². The van der Waals surface area contributed by atoms with E-state index < -0.39 is 0 Å². The van der Waals surface area contributed by atoms with Gasteiger partial charge in [0.05, 0.1) is 5.52 Å². The lowest BCUT2D eigenvalue weighted by molar-refractivity contribution is 1.12. The number of aromatic nitrogens is 4. The minimum Gasteiger partial charge on any atom is -0.364 e. The summed E-state index contributed by atoms with van der Waals surface area (Å²) in [6.45, 7) is 0.713. The van der Waals surface area contributed by atoms with E-state index in [4.69, 9.17) is 0 Å². The normalized spacial score (nSPS) is 10.8. The molecule has 0 aliphatic carbocycles. The highest BCUT2D eigenvalue weighted by atomic mass is 15.0. The standard InChI is InChI=1S/C18H15N5/c1-2-4-13(5-3-1)12-21-18-16-15(8-11-20-18)22-17(23-16)14-6-9-19-10-7-14/h1-11H,12H2,(H,20,21)(H,22,23). The van der Waals surface area contributed by atoms with Crippen molar-refractivity contribution in [2.45, 2.75) is 6.54 Å². The van der Waals surface area contributed by atoms with Gasteiger partial charge in [-0.2, -0.15) is 0 Å². The average Bonchev–Trinajstić information content (AvgIpc) is 3.06. The summed E-state index contributed by atoms with van der Waals surface area (Å²) in [6, 6.07) is 16.0. The van der Waals surface area contributed by atoms with Crippen LogP contribution in [-0.2, 0) is 6.54 Å². The van der Waals surface area contributed by atoms with Crippen LogP contribution >= 0.6 is 0 Å². The molecule has 0 fully saturated rings. The van der Waals surface area contributed by atoms with Gasteiger partial charge in [-0.15, -0.1) is 0 Å². The number of fused-ring (bicyclic) bond motifs is 1. The Kier molecular flexibility index (Phi) is 3.44. The molecule has 0 bridgehead atoms. The van der Waals surface area contributed by atoms with E-state index in [1.807, 2.05) is 36.4 Å². The number of rotatable bonds is 4. The van der Waals surface area contributed by atoms with Gasteiger partial charge in [-0.3, -0.25) is 4.98 Å². The second kappa shape index (κ2) is 5.88. The first kappa shape index (κ1) is 13.5. The predicted molar refractivity (Wildman–Crippen MR) is 90.9 cm³/mol. The molecule has 112 valence electrons. The lowest BCUT2D eigenvalue weighted by atomic mass is 10.2. The van der Waals surface area contributed by atoms with Crippen LogP contribution in [0.4, 0.5) is 5.82 Å². The van der Waals surface area contributed by atoms with E-state index in [0.29, 0.717) is 6.54 Å². The van der Waals surface area contributed by atoms with Crippen molar-refractivity contribution in [1.82, 2.24) is 19.9 Å². The Morgan fingerprint density at radius 3 is 2.57 bits per heavy atom.